The fourth-order valence-corrected chi connectivity index (χ4v) is 2.70. The van der Waals surface area contributed by atoms with Crippen LogP contribution >= 0.6 is 0 Å². The van der Waals surface area contributed by atoms with Gasteiger partial charge in [0.15, 0.2) is 0 Å². The molecule has 2 unspecified atom stereocenters. The summed E-state index contributed by atoms with van der Waals surface area (Å²) in [5.74, 6) is -0.437. The predicted octanol–water partition coefficient (Wildman–Crippen LogP) is 3.22. The van der Waals surface area contributed by atoms with Crippen LogP contribution in [0.1, 0.15) is 24.5 Å². The molecule has 158 valence electrons. The second-order valence-corrected chi connectivity index (χ2v) is 7.02. The van der Waals surface area contributed by atoms with E-state index in [0.29, 0.717) is 19.6 Å². The fraction of sp³-hybridized carbons (Fsp3) is 0.435. The lowest BCUT2D eigenvalue weighted by Crippen LogP contribution is -2.37. The van der Waals surface area contributed by atoms with E-state index in [0.717, 1.165) is 5.56 Å². The Kier molecular flexibility index (Phi) is 10.4. The SMILES string of the molecule is CC1CC(OCOCc2ccccc2)COC[C@H](N)C(=O)O1.Cc1ccccc1. The van der Waals surface area contributed by atoms with Crippen molar-refractivity contribution >= 4 is 5.97 Å². The van der Waals surface area contributed by atoms with Crippen LogP contribution < -0.4 is 5.73 Å². The highest BCUT2D eigenvalue weighted by Crippen LogP contribution is 2.11. The molecule has 3 rings (SSSR count). The van der Waals surface area contributed by atoms with Gasteiger partial charge in [-0.05, 0) is 19.4 Å². The number of nitrogens with two attached hydrogens (primary N) is 1. The van der Waals surface area contributed by atoms with Crippen LogP contribution in [0.4, 0.5) is 0 Å². The number of aryl methyl sites for hydroxylation is 1. The molecular formula is C23H31NO5. The number of benzene rings is 2. The van der Waals surface area contributed by atoms with E-state index in [1.54, 1.807) is 0 Å². The summed E-state index contributed by atoms with van der Waals surface area (Å²) < 4.78 is 21.8. The maximum atomic E-state index is 11.6. The third-order valence-electron chi connectivity index (χ3n) is 4.26. The summed E-state index contributed by atoms with van der Waals surface area (Å²) in [6, 6.07) is 19.4. The number of rotatable bonds is 5. The van der Waals surface area contributed by atoms with Gasteiger partial charge in [-0.1, -0.05) is 66.2 Å². The lowest BCUT2D eigenvalue weighted by Gasteiger charge is -2.20. The third-order valence-corrected chi connectivity index (χ3v) is 4.26. The molecule has 3 atom stereocenters. The summed E-state index contributed by atoms with van der Waals surface area (Å²) in [6.45, 7) is 5.05. The Morgan fingerprint density at radius 2 is 1.69 bits per heavy atom. The van der Waals surface area contributed by atoms with E-state index in [1.165, 1.54) is 5.56 Å². The lowest BCUT2D eigenvalue weighted by atomic mass is 10.2. The van der Waals surface area contributed by atoms with Crippen molar-refractivity contribution in [2.45, 2.75) is 45.1 Å². The van der Waals surface area contributed by atoms with Crippen LogP contribution in [-0.4, -0.2) is 44.2 Å². The van der Waals surface area contributed by atoms with Gasteiger partial charge in [-0.25, -0.2) is 0 Å². The van der Waals surface area contributed by atoms with Gasteiger partial charge in [-0.15, -0.1) is 0 Å². The summed E-state index contributed by atoms with van der Waals surface area (Å²) in [5, 5.41) is 0. The van der Waals surface area contributed by atoms with E-state index in [-0.39, 0.29) is 25.6 Å². The molecule has 1 aliphatic heterocycles. The van der Waals surface area contributed by atoms with Crippen molar-refractivity contribution in [1.29, 1.82) is 0 Å². The zero-order valence-electron chi connectivity index (χ0n) is 17.2. The van der Waals surface area contributed by atoms with Crippen LogP contribution in [0, 0.1) is 6.92 Å². The normalized spacial score (nSPS) is 22.3. The first-order chi connectivity index (χ1) is 14.0. The number of esters is 1. The van der Waals surface area contributed by atoms with Gasteiger partial charge in [-0.2, -0.15) is 0 Å². The smallest absolute Gasteiger partial charge is 0.325 e. The highest BCUT2D eigenvalue weighted by Gasteiger charge is 2.24. The van der Waals surface area contributed by atoms with Crippen LogP contribution in [0.3, 0.4) is 0 Å². The summed E-state index contributed by atoms with van der Waals surface area (Å²) in [6.07, 6.45) is 0.0934. The average Bonchev–Trinajstić information content (AvgIpc) is 2.77. The van der Waals surface area contributed by atoms with Crippen molar-refractivity contribution in [2.75, 3.05) is 20.0 Å². The van der Waals surface area contributed by atoms with Gasteiger partial charge in [0.2, 0.25) is 0 Å². The van der Waals surface area contributed by atoms with Gasteiger partial charge < -0.3 is 24.7 Å². The largest absolute Gasteiger partial charge is 0.461 e. The highest BCUT2D eigenvalue weighted by molar-refractivity contribution is 5.75. The molecular weight excluding hydrogens is 370 g/mol. The molecule has 2 N–H and O–H groups in total. The molecule has 0 aliphatic carbocycles. The van der Waals surface area contributed by atoms with E-state index in [9.17, 15) is 4.79 Å². The minimum Gasteiger partial charge on any atom is -0.461 e. The zero-order chi connectivity index (χ0) is 20.9. The van der Waals surface area contributed by atoms with Crippen molar-refractivity contribution in [3.05, 3.63) is 71.8 Å². The summed E-state index contributed by atoms with van der Waals surface area (Å²) in [7, 11) is 0. The molecule has 0 amide bonds. The van der Waals surface area contributed by atoms with Crippen LogP contribution in [-0.2, 0) is 30.3 Å². The van der Waals surface area contributed by atoms with Gasteiger partial charge in [0.1, 0.15) is 18.9 Å². The average molecular weight is 402 g/mol. The first kappa shape index (κ1) is 23.0. The van der Waals surface area contributed by atoms with Crippen LogP contribution in [0.25, 0.3) is 0 Å². The van der Waals surface area contributed by atoms with E-state index >= 15 is 0 Å². The zero-order valence-corrected chi connectivity index (χ0v) is 17.2. The molecule has 0 spiro atoms. The third kappa shape index (κ3) is 9.67. The monoisotopic (exact) mass is 401 g/mol. The van der Waals surface area contributed by atoms with Crippen molar-refractivity contribution in [1.82, 2.24) is 0 Å². The summed E-state index contributed by atoms with van der Waals surface area (Å²) in [5.41, 5.74) is 8.06. The molecule has 0 radical (unpaired) electrons. The Morgan fingerprint density at radius 1 is 1.03 bits per heavy atom. The molecule has 29 heavy (non-hydrogen) atoms. The van der Waals surface area contributed by atoms with Crippen LogP contribution in [0.2, 0.25) is 0 Å². The Morgan fingerprint density at radius 3 is 2.31 bits per heavy atom. The molecule has 2 aromatic carbocycles. The Labute approximate surface area is 172 Å². The maximum absolute atomic E-state index is 11.6. The second-order valence-electron chi connectivity index (χ2n) is 7.02. The molecule has 6 nitrogen and oxygen atoms in total. The number of hydrogen-bond donors (Lipinski definition) is 1. The minimum atomic E-state index is -0.740. The van der Waals surface area contributed by atoms with Crippen molar-refractivity contribution in [3.8, 4) is 0 Å². The predicted molar refractivity (Wildman–Crippen MR) is 111 cm³/mol. The Hall–Kier alpha value is -2.25. The first-order valence-electron chi connectivity index (χ1n) is 9.83. The van der Waals surface area contributed by atoms with E-state index in [1.807, 2.05) is 55.5 Å². The molecule has 0 bridgehead atoms. The minimum absolute atomic E-state index is 0.135. The molecule has 0 saturated carbocycles. The number of cyclic esters (lactones) is 1. The highest BCUT2D eigenvalue weighted by atomic mass is 16.7. The Bertz CT molecular complexity index is 695. The quantitative estimate of drug-likeness (QED) is 0.471. The summed E-state index contributed by atoms with van der Waals surface area (Å²) in [4.78, 5) is 11.6. The van der Waals surface area contributed by atoms with Gasteiger partial charge in [0, 0.05) is 6.42 Å². The molecule has 2 aromatic rings. The molecule has 6 heteroatoms. The number of hydrogen-bond acceptors (Lipinski definition) is 6. The van der Waals surface area contributed by atoms with Crippen molar-refractivity contribution in [2.24, 2.45) is 5.73 Å². The lowest BCUT2D eigenvalue weighted by molar-refractivity contribution is -0.152. The van der Waals surface area contributed by atoms with E-state index in [2.05, 4.69) is 19.1 Å². The molecule has 0 aromatic heterocycles. The van der Waals surface area contributed by atoms with Crippen molar-refractivity contribution < 1.29 is 23.7 Å². The van der Waals surface area contributed by atoms with Gasteiger partial charge in [-0.3, -0.25) is 4.79 Å². The van der Waals surface area contributed by atoms with Gasteiger partial charge in [0.05, 0.1) is 25.9 Å². The van der Waals surface area contributed by atoms with Crippen molar-refractivity contribution in [3.63, 3.8) is 0 Å². The van der Waals surface area contributed by atoms with Gasteiger partial charge >= 0.3 is 5.97 Å². The molecule has 1 heterocycles. The molecule has 1 fully saturated rings. The number of carbonyl (C=O) groups excluding carboxylic acids is 1. The van der Waals surface area contributed by atoms with E-state index < -0.39 is 12.0 Å². The number of carbonyl (C=O) groups is 1. The standard InChI is InChI=1S/C16H23NO5.C7H8/c1-12-7-14(9-19-10-15(17)16(18)22-12)21-11-20-8-13-5-3-2-4-6-13;1-7-5-3-2-4-6-7/h2-6,12,14-15H,7-11,17H2,1H3;2-6H,1H3/t12?,14?,15-;/m0./s1. The van der Waals surface area contributed by atoms with Gasteiger partial charge in [0.25, 0.3) is 0 Å². The van der Waals surface area contributed by atoms with E-state index in [4.69, 9.17) is 24.7 Å². The topological polar surface area (TPSA) is 80.0 Å². The Balaban J connectivity index is 0.000000360. The van der Waals surface area contributed by atoms with Crippen LogP contribution in [0.15, 0.2) is 60.7 Å². The maximum Gasteiger partial charge on any atom is 0.325 e. The molecule has 1 aliphatic rings. The fourth-order valence-electron chi connectivity index (χ4n) is 2.70. The second kappa shape index (κ2) is 13.1. The summed E-state index contributed by atoms with van der Waals surface area (Å²) >= 11 is 0. The number of ether oxygens (including phenoxy) is 4. The van der Waals surface area contributed by atoms with Crippen LogP contribution in [0.5, 0.6) is 0 Å². The first-order valence-corrected chi connectivity index (χ1v) is 9.83. The molecule has 1 saturated heterocycles.